The van der Waals surface area contributed by atoms with Crippen LogP contribution in [0.3, 0.4) is 0 Å². The fraction of sp³-hybridized carbons (Fsp3) is 0.467. The summed E-state index contributed by atoms with van der Waals surface area (Å²) in [6, 6.07) is 12.0. The Bertz CT molecular complexity index is 1620. The van der Waals surface area contributed by atoms with Gasteiger partial charge in [-0.1, -0.05) is 20.8 Å². The topological polar surface area (TPSA) is 119 Å². The number of nitrogens with one attached hydrogen (secondary N) is 3. The predicted molar refractivity (Wildman–Crippen MR) is 225 cm³/mol. The first-order chi connectivity index (χ1) is 27.7. The number of hydrogen-bond donors (Lipinski definition) is 3. The van der Waals surface area contributed by atoms with Crippen LogP contribution in [0.25, 0.3) is 0 Å². The van der Waals surface area contributed by atoms with Gasteiger partial charge in [0.2, 0.25) is 17.2 Å². The highest BCUT2D eigenvalue weighted by Gasteiger charge is 2.22. The Labute approximate surface area is 339 Å². The summed E-state index contributed by atoms with van der Waals surface area (Å²) in [7, 11) is 14.7. The Morgan fingerprint density at radius 2 is 0.509 bits per heavy atom. The van der Waals surface area contributed by atoms with E-state index in [0.29, 0.717) is 91.0 Å². The summed E-state index contributed by atoms with van der Waals surface area (Å²) < 4.78 is 50.5. The molecule has 57 heavy (non-hydrogen) atoms. The van der Waals surface area contributed by atoms with E-state index in [9.17, 15) is 0 Å². The first-order valence-corrected chi connectivity index (χ1v) is 19.4. The van der Waals surface area contributed by atoms with Crippen LogP contribution in [0.2, 0.25) is 0 Å². The summed E-state index contributed by atoms with van der Waals surface area (Å²) in [4.78, 5) is 0. The van der Waals surface area contributed by atoms with Crippen molar-refractivity contribution in [2.45, 2.75) is 79.3 Å². The molecule has 12 heteroatoms. The van der Waals surface area contributed by atoms with Crippen molar-refractivity contribution >= 4 is 0 Å². The zero-order chi connectivity index (χ0) is 41.5. The molecule has 0 unspecified atom stereocenters. The van der Waals surface area contributed by atoms with Crippen LogP contribution in [-0.4, -0.2) is 64.0 Å². The maximum Gasteiger partial charge on any atom is 0.203 e. The molecule has 0 radical (unpaired) electrons. The molecule has 312 valence electrons. The van der Waals surface area contributed by atoms with E-state index < -0.39 is 0 Å². The lowest BCUT2D eigenvalue weighted by Gasteiger charge is -2.27. The van der Waals surface area contributed by atoms with Gasteiger partial charge >= 0.3 is 0 Å². The molecule has 0 saturated heterocycles. The average molecular weight is 790 g/mol. The summed E-state index contributed by atoms with van der Waals surface area (Å²) in [5.74, 6) is 5.51. The van der Waals surface area contributed by atoms with E-state index in [4.69, 9.17) is 42.6 Å². The second-order valence-corrected chi connectivity index (χ2v) is 13.3. The van der Waals surface area contributed by atoms with Gasteiger partial charge in [0.1, 0.15) is 0 Å². The van der Waals surface area contributed by atoms with Crippen molar-refractivity contribution in [2.75, 3.05) is 64.0 Å². The maximum absolute atomic E-state index is 5.64. The number of methoxy groups -OCH3 is 9. The van der Waals surface area contributed by atoms with E-state index >= 15 is 0 Å². The molecule has 0 bridgehead atoms. The molecule has 0 aliphatic carbocycles. The lowest BCUT2D eigenvalue weighted by molar-refractivity contribution is 0.323. The van der Waals surface area contributed by atoms with Gasteiger partial charge in [0.05, 0.1) is 64.0 Å². The van der Waals surface area contributed by atoms with E-state index in [0.717, 1.165) is 36.0 Å². The van der Waals surface area contributed by atoms with Crippen molar-refractivity contribution in [1.82, 2.24) is 16.0 Å². The maximum atomic E-state index is 5.64. The molecule has 4 aromatic carbocycles. The van der Waals surface area contributed by atoms with Crippen molar-refractivity contribution in [3.8, 4) is 51.7 Å². The minimum absolute atomic E-state index is 0.577. The van der Waals surface area contributed by atoms with Gasteiger partial charge in [-0.15, -0.1) is 0 Å². The van der Waals surface area contributed by atoms with Gasteiger partial charge in [-0.2, -0.15) is 0 Å². The third kappa shape index (κ3) is 10.3. The van der Waals surface area contributed by atoms with Crippen molar-refractivity contribution < 1.29 is 42.6 Å². The molecule has 3 N–H and O–H groups in total. The van der Waals surface area contributed by atoms with E-state index in [1.165, 1.54) is 33.4 Å². The molecule has 0 amide bonds. The monoisotopic (exact) mass is 789 g/mol. The van der Waals surface area contributed by atoms with Crippen LogP contribution in [0.4, 0.5) is 0 Å². The molecular formula is C45H63N3O9. The van der Waals surface area contributed by atoms with Gasteiger partial charge in [0, 0.05) is 39.3 Å². The molecule has 4 rings (SSSR count). The fourth-order valence-corrected chi connectivity index (χ4v) is 7.72. The SMILES string of the molecule is CCc1c(CNCc2cc(OC)c(OC)c(OC)c2)c(CC)c(CNCc2cc(OC)c(OC)c(OC)c2)c(CC)c1CNCc1cc(OC)c(OC)c(OC)c1. The summed E-state index contributed by atoms with van der Waals surface area (Å²) in [5, 5.41) is 11.3. The average Bonchev–Trinajstić information content (AvgIpc) is 3.24. The second kappa shape index (κ2) is 22.0. The molecule has 4 aromatic rings. The van der Waals surface area contributed by atoms with Crippen LogP contribution in [-0.2, 0) is 58.5 Å². The number of hydrogen-bond acceptors (Lipinski definition) is 12. The highest BCUT2D eigenvalue weighted by Crippen LogP contribution is 2.40. The van der Waals surface area contributed by atoms with Crippen molar-refractivity contribution in [2.24, 2.45) is 0 Å². The third-order valence-electron chi connectivity index (χ3n) is 10.3. The molecular weight excluding hydrogens is 727 g/mol. The summed E-state index contributed by atoms with van der Waals surface area (Å²) >= 11 is 0. The van der Waals surface area contributed by atoms with Crippen LogP contribution < -0.4 is 58.6 Å². The molecule has 0 aromatic heterocycles. The van der Waals surface area contributed by atoms with Crippen LogP contribution >= 0.6 is 0 Å². The Kier molecular flexibility index (Phi) is 17.3. The molecule has 12 nitrogen and oxygen atoms in total. The van der Waals surface area contributed by atoms with E-state index in [2.05, 4.69) is 36.7 Å². The van der Waals surface area contributed by atoms with Gasteiger partial charge in [0.25, 0.3) is 0 Å². The molecule has 0 aliphatic heterocycles. The number of benzene rings is 4. The molecule has 0 heterocycles. The Balaban J connectivity index is 1.73. The van der Waals surface area contributed by atoms with Gasteiger partial charge in [0.15, 0.2) is 34.5 Å². The van der Waals surface area contributed by atoms with Gasteiger partial charge in [-0.25, -0.2) is 0 Å². The summed E-state index contributed by atoms with van der Waals surface area (Å²) in [5.41, 5.74) is 11.2. The first kappa shape index (κ1) is 44.7. The van der Waals surface area contributed by atoms with Gasteiger partial charge < -0.3 is 58.6 Å². The minimum Gasteiger partial charge on any atom is -0.493 e. The zero-order valence-corrected chi connectivity index (χ0v) is 36.0. The summed E-state index contributed by atoms with van der Waals surface area (Å²) in [6.45, 7) is 10.7. The summed E-state index contributed by atoms with van der Waals surface area (Å²) in [6.07, 6.45) is 2.67. The molecule has 0 fully saturated rings. The van der Waals surface area contributed by atoms with Gasteiger partial charge in [-0.3, -0.25) is 0 Å². The fourth-order valence-electron chi connectivity index (χ4n) is 7.72. The highest BCUT2D eigenvalue weighted by atomic mass is 16.5. The first-order valence-electron chi connectivity index (χ1n) is 19.4. The number of rotatable bonds is 24. The smallest absolute Gasteiger partial charge is 0.203 e. The Morgan fingerprint density at radius 3 is 0.667 bits per heavy atom. The van der Waals surface area contributed by atoms with E-state index in [1.54, 1.807) is 64.0 Å². The van der Waals surface area contributed by atoms with Crippen LogP contribution in [0.5, 0.6) is 51.7 Å². The van der Waals surface area contributed by atoms with Crippen molar-refractivity contribution in [3.05, 3.63) is 86.5 Å². The normalized spacial score (nSPS) is 10.9. The van der Waals surface area contributed by atoms with Crippen LogP contribution in [0.15, 0.2) is 36.4 Å². The zero-order valence-electron chi connectivity index (χ0n) is 36.0. The predicted octanol–water partition coefficient (Wildman–Crippen LogP) is 7.32. The van der Waals surface area contributed by atoms with Crippen molar-refractivity contribution in [3.63, 3.8) is 0 Å². The van der Waals surface area contributed by atoms with E-state index in [1.807, 2.05) is 36.4 Å². The van der Waals surface area contributed by atoms with E-state index in [-0.39, 0.29) is 0 Å². The molecule has 0 atom stereocenters. The third-order valence-corrected chi connectivity index (χ3v) is 10.3. The minimum atomic E-state index is 0.577. The lowest BCUT2D eigenvalue weighted by Crippen LogP contribution is -2.24. The Morgan fingerprint density at radius 1 is 0.298 bits per heavy atom. The van der Waals surface area contributed by atoms with Gasteiger partial charge in [-0.05, 0) is 106 Å². The van der Waals surface area contributed by atoms with Crippen LogP contribution in [0, 0.1) is 0 Å². The largest absolute Gasteiger partial charge is 0.493 e. The quantitative estimate of drug-likeness (QED) is 0.0660. The van der Waals surface area contributed by atoms with Crippen LogP contribution in [0.1, 0.15) is 70.8 Å². The standard InChI is InChI=1S/C45H63N3O9/c1-13-31-34(25-46-22-28-16-37(49-4)43(55-10)38(17-28)50-5)32(14-2)36(27-48-24-30-20-41(53-8)45(57-12)42(21-30)54-9)33(15-3)35(31)26-47-23-29-18-39(51-6)44(56-11)40(19-29)52-7/h16-21,46-48H,13-15,22-27H2,1-12H3. The molecule has 0 spiro atoms. The number of ether oxygens (including phenoxy) is 9. The second-order valence-electron chi connectivity index (χ2n) is 13.3. The van der Waals surface area contributed by atoms with Crippen molar-refractivity contribution in [1.29, 1.82) is 0 Å². The molecule has 0 aliphatic rings. The highest BCUT2D eigenvalue weighted by molar-refractivity contribution is 5.56. The lowest BCUT2D eigenvalue weighted by atomic mass is 9.83. The molecule has 0 saturated carbocycles. The Hall–Kier alpha value is -5.04.